The topological polar surface area (TPSA) is 108 Å². The Morgan fingerprint density at radius 1 is 1.07 bits per heavy atom. The maximum Gasteiger partial charge on any atom is 0.271 e. The van der Waals surface area contributed by atoms with Crippen LogP contribution in [0, 0.1) is 10.1 Å². The van der Waals surface area contributed by atoms with Crippen molar-refractivity contribution in [1.82, 2.24) is 14.7 Å². The van der Waals surface area contributed by atoms with Gasteiger partial charge in [0.1, 0.15) is 0 Å². The molecule has 1 N–H and O–H groups in total. The third-order valence-corrected chi connectivity index (χ3v) is 5.31. The van der Waals surface area contributed by atoms with Crippen molar-refractivity contribution in [3.8, 4) is 0 Å². The predicted molar refractivity (Wildman–Crippen MR) is 107 cm³/mol. The number of ether oxygens (including phenoxy) is 1. The average molecular weight is 426 g/mol. The highest BCUT2D eigenvalue weighted by molar-refractivity contribution is 6.34. The molecule has 2 amide bonds. The summed E-state index contributed by atoms with van der Waals surface area (Å²) in [5.41, 5.74) is 0.201. The summed E-state index contributed by atoms with van der Waals surface area (Å²) in [7, 11) is 0. The number of rotatable bonds is 6. The van der Waals surface area contributed by atoms with Gasteiger partial charge in [0, 0.05) is 51.4 Å². The van der Waals surface area contributed by atoms with E-state index < -0.39 is 4.92 Å². The third kappa shape index (κ3) is 6.10. The molecule has 2 aliphatic rings. The van der Waals surface area contributed by atoms with Crippen LogP contribution in [0.3, 0.4) is 0 Å². The van der Waals surface area contributed by atoms with Gasteiger partial charge in [0.25, 0.3) is 5.69 Å². The summed E-state index contributed by atoms with van der Waals surface area (Å²) in [6.07, 6.45) is 0. The maximum atomic E-state index is 12.4. The Hall–Kier alpha value is -2.27. The first-order chi connectivity index (χ1) is 13.9. The summed E-state index contributed by atoms with van der Waals surface area (Å²) in [5.74, 6) is -0.150. The summed E-state index contributed by atoms with van der Waals surface area (Å²) in [4.78, 5) is 40.8. The molecule has 0 unspecified atom stereocenters. The molecular weight excluding hydrogens is 402 g/mol. The number of nitrogens with one attached hydrogen (secondary N) is 1. The Labute approximate surface area is 173 Å². The molecule has 10 nitrogen and oxygen atoms in total. The van der Waals surface area contributed by atoms with Crippen molar-refractivity contribution in [2.45, 2.75) is 0 Å². The minimum absolute atomic E-state index is 0.105. The first kappa shape index (κ1) is 21.4. The Bertz CT molecular complexity index is 763. The van der Waals surface area contributed by atoms with Gasteiger partial charge in [0.05, 0.1) is 41.9 Å². The second-order valence-corrected chi connectivity index (χ2v) is 7.42. The van der Waals surface area contributed by atoms with E-state index in [1.54, 1.807) is 0 Å². The van der Waals surface area contributed by atoms with Crippen LogP contribution in [-0.2, 0) is 14.3 Å². The molecule has 1 aromatic carbocycles. The van der Waals surface area contributed by atoms with E-state index >= 15 is 0 Å². The van der Waals surface area contributed by atoms with Gasteiger partial charge in [-0.3, -0.25) is 29.5 Å². The number of hydrogen-bond acceptors (Lipinski definition) is 7. The number of nitrogens with zero attached hydrogens (tertiary/aromatic N) is 4. The number of nitro benzene ring substituents is 1. The van der Waals surface area contributed by atoms with Gasteiger partial charge in [0.2, 0.25) is 11.8 Å². The van der Waals surface area contributed by atoms with Crippen LogP contribution in [0.5, 0.6) is 0 Å². The molecule has 0 atom stereocenters. The van der Waals surface area contributed by atoms with Crippen LogP contribution in [0.4, 0.5) is 11.4 Å². The van der Waals surface area contributed by atoms with E-state index in [9.17, 15) is 19.7 Å². The summed E-state index contributed by atoms with van der Waals surface area (Å²) < 4.78 is 5.29. The highest BCUT2D eigenvalue weighted by atomic mass is 35.5. The number of carbonyl (C=O) groups is 2. The number of anilines is 1. The Morgan fingerprint density at radius 3 is 2.34 bits per heavy atom. The van der Waals surface area contributed by atoms with Crippen molar-refractivity contribution in [1.29, 1.82) is 0 Å². The molecule has 2 aliphatic heterocycles. The fraction of sp³-hybridized carbons (Fsp3) is 0.556. The number of halogens is 1. The van der Waals surface area contributed by atoms with E-state index in [1.807, 2.05) is 9.80 Å². The number of hydrogen-bond donors (Lipinski definition) is 1. The van der Waals surface area contributed by atoms with Gasteiger partial charge in [-0.1, -0.05) is 11.6 Å². The highest BCUT2D eigenvalue weighted by Crippen LogP contribution is 2.26. The molecule has 0 aliphatic carbocycles. The van der Waals surface area contributed by atoms with E-state index in [0.29, 0.717) is 51.6 Å². The summed E-state index contributed by atoms with van der Waals surface area (Å²) >= 11 is 6.01. The lowest BCUT2D eigenvalue weighted by Crippen LogP contribution is -2.53. The Kier molecular flexibility index (Phi) is 7.37. The number of piperazine rings is 1. The zero-order valence-electron chi connectivity index (χ0n) is 16.0. The number of morpholine rings is 1. The number of benzene rings is 1. The molecule has 11 heteroatoms. The van der Waals surface area contributed by atoms with Crippen LogP contribution in [0.1, 0.15) is 0 Å². The first-order valence-electron chi connectivity index (χ1n) is 9.46. The molecule has 2 saturated heterocycles. The van der Waals surface area contributed by atoms with Gasteiger partial charge >= 0.3 is 0 Å². The van der Waals surface area contributed by atoms with Crippen LogP contribution in [0.15, 0.2) is 18.2 Å². The maximum absolute atomic E-state index is 12.4. The minimum Gasteiger partial charge on any atom is -0.379 e. The van der Waals surface area contributed by atoms with Crippen molar-refractivity contribution in [2.24, 2.45) is 0 Å². The van der Waals surface area contributed by atoms with Crippen LogP contribution in [0.25, 0.3) is 0 Å². The molecule has 0 radical (unpaired) electrons. The van der Waals surface area contributed by atoms with Crippen LogP contribution >= 0.6 is 11.6 Å². The molecule has 158 valence electrons. The monoisotopic (exact) mass is 425 g/mol. The zero-order chi connectivity index (χ0) is 20.8. The van der Waals surface area contributed by atoms with Crippen molar-refractivity contribution < 1.29 is 19.2 Å². The Balaban J connectivity index is 1.42. The van der Waals surface area contributed by atoms with Gasteiger partial charge < -0.3 is 15.0 Å². The van der Waals surface area contributed by atoms with Crippen molar-refractivity contribution in [2.75, 3.05) is 70.9 Å². The largest absolute Gasteiger partial charge is 0.379 e. The molecule has 2 heterocycles. The van der Waals surface area contributed by atoms with Gasteiger partial charge in [-0.05, 0) is 6.07 Å². The van der Waals surface area contributed by atoms with Crippen molar-refractivity contribution >= 4 is 34.8 Å². The third-order valence-electron chi connectivity index (χ3n) is 4.99. The molecular formula is C18H24ClN5O5. The zero-order valence-corrected chi connectivity index (χ0v) is 16.8. The van der Waals surface area contributed by atoms with Crippen molar-refractivity contribution in [3.05, 3.63) is 33.3 Å². The van der Waals surface area contributed by atoms with E-state index in [1.165, 1.54) is 18.2 Å². The van der Waals surface area contributed by atoms with Gasteiger partial charge in [-0.25, -0.2) is 0 Å². The molecule has 0 bridgehead atoms. The predicted octanol–water partition coefficient (Wildman–Crippen LogP) is 0.663. The summed E-state index contributed by atoms with van der Waals surface area (Å²) in [5, 5.41) is 13.5. The minimum atomic E-state index is -0.544. The molecule has 2 fully saturated rings. The van der Waals surface area contributed by atoms with Gasteiger partial charge in [0.15, 0.2) is 0 Å². The van der Waals surface area contributed by atoms with E-state index in [0.717, 1.165) is 13.1 Å². The smallest absolute Gasteiger partial charge is 0.271 e. The standard InChI is InChI=1S/C18H24ClN5O5/c19-15-11-14(24(27)28)1-2-16(15)20-17(25)12-21-3-5-23(6-4-21)18(26)13-22-7-9-29-10-8-22/h1-2,11H,3-10,12-13H2,(H,20,25). The van der Waals surface area contributed by atoms with Gasteiger partial charge in [-0.2, -0.15) is 0 Å². The quantitative estimate of drug-likeness (QED) is 0.527. The summed E-state index contributed by atoms with van der Waals surface area (Å²) in [6.45, 7) is 5.81. The van der Waals surface area contributed by atoms with E-state index in [2.05, 4.69) is 10.2 Å². The molecule has 29 heavy (non-hydrogen) atoms. The van der Waals surface area contributed by atoms with Crippen molar-refractivity contribution in [3.63, 3.8) is 0 Å². The molecule has 1 aromatic rings. The normalized spacial score (nSPS) is 18.4. The lowest BCUT2D eigenvalue weighted by Gasteiger charge is -2.36. The SMILES string of the molecule is O=C(CN1CCN(C(=O)CN2CCOCC2)CC1)Nc1ccc([N+](=O)[O-])cc1Cl. The number of nitro groups is 1. The number of carbonyl (C=O) groups excluding carboxylic acids is 2. The van der Waals surface area contributed by atoms with Crippen LogP contribution < -0.4 is 5.32 Å². The van der Waals surface area contributed by atoms with E-state index in [-0.39, 0.29) is 29.1 Å². The molecule has 0 aromatic heterocycles. The lowest BCUT2D eigenvalue weighted by atomic mass is 10.2. The fourth-order valence-corrected chi connectivity index (χ4v) is 3.54. The Morgan fingerprint density at radius 2 is 1.72 bits per heavy atom. The fourth-order valence-electron chi connectivity index (χ4n) is 3.32. The molecule has 0 saturated carbocycles. The highest BCUT2D eigenvalue weighted by Gasteiger charge is 2.24. The van der Waals surface area contributed by atoms with Gasteiger partial charge in [-0.15, -0.1) is 0 Å². The second kappa shape index (κ2) is 9.97. The molecule has 3 rings (SSSR count). The number of amides is 2. The number of non-ortho nitro benzene ring substituents is 1. The lowest BCUT2D eigenvalue weighted by molar-refractivity contribution is -0.384. The van der Waals surface area contributed by atoms with Crippen LogP contribution in [0.2, 0.25) is 5.02 Å². The molecule has 0 spiro atoms. The second-order valence-electron chi connectivity index (χ2n) is 7.01. The van der Waals surface area contributed by atoms with E-state index in [4.69, 9.17) is 16.3 Å². The van der Waals surface area contributed by atoms with Crippen LogP contribution in [-0.4, -0.2) is 97.0 Å². The first-order valence-corrected chi connectivity index (χ1v) is 9.84. The summed E-state index contributed by atoms with van der Waals surface area (Å²) in [6, 6.07) is 3.91. The average Bonchev–Trinajstić information content (AvgIpc) is 2.70.